The van der Waals surface area contributed by atoms with Crippen molar-refractivity contribution in [2.45, 2.75) is 51.9 Å². The summed E-state index contributed by atoms with van der Waals surface area (Å²) in [7, 11) is 0. The summed E-state index contributed by atoms with van der Waals surface area (Å²) in [6, 6.07) is 4.90. The van der Waals surface area contributed by atoms with Crippen LogP contribution in [0.15, 0.2) is 24.3 Å². The molecular weight excluding hydrogens is 361 g/mol. The van der Waals surface area contributed by atoms with Gasteiger partial charge in [0.05, 0.1) is 5.56 Å². The van der Waals surface area contributed by atoms with Crippen LogP contribution in [-0.4, -0.2) is 35.6 Å². The lowest BCUT2D eigenvalue weighted by atomic mass is 9.96. The number of likely N-dealkylation sites (tertiary alicyclic amines) is 1. The van der Waals surface area contributed by atoms with Gasteiger partial charge >= 0.3 is 12.3 Å². The molecule has 0 saturated carbocycles. The smallest absolute Gasteiger partial charge is 0.416 e. The van der Waals surface area contributed by atoms with E-state index in [1.54, 1.807) is 31.7 Å². The second-order valence-corrected chi connectivity index (χ2v) is 7.66. The number of hydrogen-bond acceptors (Lipinski definition) is 3. The molecule has 1 N–H and O–H groups in total. The molecule has 1 aliphatic rings. The fraction of sp³-hybridized carbons (Fsp3) is 0.579. The first-order chi connectivity index (χ1) is 12.5. The summed E-state index contributed by atoms with van der Waals surface area (Å²) in [6.45, 7) is 6.23. The summed E-state index contributed by atoms with van der Waals surface area (Å²) in [5, 5.41) is 2.69. The number of carbonyl (C=O) groups excluding carboxylic acids is 2. The average molecular weight is 386 g/mol. The predicted molar refractivity (Wildman–Crippen MR) is 93.8 cm³/mol. The predicted octanol–water partition coefficient (Wildman–Crippen LogP) is 3.97. The molecular formula is C19H25F3N2O3. The van der Waals surface area contributed by atoms with Crippen LogP contribution >= 0.6 is 0 Å². The van der Waals surface area contributed by atoms with Gasteiger partial charge in [-0.3, -0.25) is 4.79 Å². The standard InChI is InChI=1S/C19H25F3N2O3/c1-18(2,3)27-17(26)24-9-7-14(8-10-24)16(25)23-12-13-5-4-6-15(11-13)19(20,21)22/h4-6,11,14H,7-10,12H2,1-3H3,(H,23,25). The SMILES string of the molecule is CC(C)(C)OC(=O)N1CCC(C(=O)NCc2cccc(C(F)(F)F)c2)CC1. The van der Waals surface area contributed by atoms with E-state index in [4.69, 9.17) is 4.74 Å². The van der Waals surface area contributed by atoms with Crippen LogP contribution < -0.4 is 5.32 Å². The van der Waals surface area contributed by atoms with E-state index in [9.17, 15) is 22.8 Å². The highest BCUT2D eigenvalue weighted by Crippen LogP contribution is 2.29. The Bertz CT molecular complexity index is 676. The molecule has 8 heteroatoms. The number of alkyl halides is 3. The van der Waals surface area contributed by atoms with E-state index >= 15 is 0 Å². The fourth-order valence-corrected chi connectivity index (χ4v) is 2.84. The molecule has 0 unspecified atom stereocenters. The van der Waals surface area contributed by atoms with E-state index in [0.29, 0.717) is 31.5 Å². The Hall–Kier alpha value is -2.25. The fourth-order valence-electron chi connectivity index (χ4n) is 2.84. The lowest BCUT2D eigenvalue weighted by molar-refractivity contribution is -0.137. The number of carbonyl (C=O) groups is 2. The number of piperidine rings is 1. The number of rotatable bonds is 3. The van der Waals surface area contributed by atoms with Crippen molar-refractivity contribution in [2.24, 2.45) is 5.92 Å². The Kier molecular flexibility index (Phi) is 6.38. The zero-order chi connectivity index (χ0) is 20.2. The van der Waals surface area contributed by atoms with E-state index < -0.39 is 23.4 Å². The summed E-state index contributed by atoms with van der Waals surface area (Å²) >= 11 is 0. The summed E-state index contributed by atoms with van der Waals surface area (Å²) < 4.78 is 43.5. The van der Waals surface area contributed by atoms with Gasteiger partial charge in [0.25, 0.3) is 0 Å². The highest BCUT2D eigenvalue weighted by atomic mass is 19.4. The minimum absolute atomic E-state index is 0.0367. The van der Waals surface area contributed by atoms with Crippen LogP contribution in [0, 0.1) is 5.92 Å². The largest absolute Gasteiger partial charge is 0.444 e. The van der Waals surface area contributed by atoms with Gasteiger partial charge in [-0.25, -0.2) is 4.79 Å². The Morgan fingerprint density at radius 3 is 2.37 bits per heavy atom. The molecule has 27 heavy (non-hydrogen) atoms. The molecule has 1 fully saturated rings. The third-order valence-electron chi connectivity index (χ3n) is 4.24. The van der Waals surface area contributed by atoms with Gasteiger partial charge in [-0.2, -0.15) is 13.2 Å². The number of amides is 2. The second kappa shape index (κ2) is 8.19. The molecule has 1 saturated heterocycles. The van der Waals surface area contributed by atoms with E-state index in [0.717, 1.165) is 12.1 Å². The van der Waals surface area contributed by atoms with Gasteiger partial charge in [-0.1, -0.05) is 12.1 Å². The Balaban J connectivity index is 1.82. The third kappa shape index (κ3) is 6.45. The molecule has 0 radical (unpaired) electrons. The van der Waals surface area contributed by atoms with Crippen LogP contribution in [0.2, 0.25) is 0 Å². The molecule has 0 aromatic heterocycles. The molecule has 0 spiro atoms. The highest BCUT2D eigenvalue weighted by molar-refractivity contribution is 5.79. The number of nitrogens with one attached hydrogen (secondary N) is 1. The quantitative estimate of drug-likeness (QED) is 0.855. The van der Waals surface area contributed by atoms with Crippen molar-refractivity contribution in [3.8, 4) is 0 Å². The number of benzene rings is 1. The van der Waals surface area contributed by atoms with Crippen molar-refractivity contribution in [3.63, 3.8) is 0 Å². The molecule has 2 rings (SSSR count). The molecule has 0 atom stereocenters. The van der Waals surface area contributed by atoms with Gasteiger partial charge in [0, 0.05) is 25.6 Å². The van der Waals surface area contributed by atoms with Gasteiger partial charge in [-0.05, 0) is 51.3 Å². The van der Waals surface area contributed by atoms with Crippen LogP contribution in [0.4, 0.5) is 18.0 Å². The van der Waals surface area contributed by atoms with Crippen LogP contribution in [0.5, 0.6) is 0 Å². The first kappa shape index (κ1) is 21.1. The molecule has 1 aromatic carbocycles. The zero-order valence-corrected chi connectivity index (χ0v) is 15.7. The number of hydrogen-bond donors (Lipinski definition) is 1. The van der Waals surface area contributed by atoms with E-state index in [1.165, 1.54) is 6.07 Å². The van der Waals surface area contributed by atoms with Gasteiger partial charge < -0.3 is 15.0 Å². The van der Waals surface area contributed by atoms with Gasteiger partial charge in [-0.15, -0.1) is 0 Å². The van der Waals surface area contributed by atoms with Gasteiger partial charge in [0.2, 0.25) is 5.91 Å². The Labute approximate surface area is 156 Å². The Morgan fingerprint density at radius 1 is 1.19 bits per heavy atom. The summed E-state index contributed by atoms with van der Waals surface area (Å²) in [6.07, 6.45) is -3.82. The summed E-state index contributed by atoms with van der Waals surface area (Å²) in [5.74, 6) is -0.481. The maximum Gasteiger partial charge on any atom is 0.416 e. The maximum atomic E-state index is 12.7. The van der Waals surface area contributed by atoms with Crippen molar-refractivity contribution in [1.82, 2.24) is 10.2 Å². The van der Waals surface area contributed by atoms with E-state index in [1.807, 2.05) is 0 Å². The number of ether oxygens (including phenoxy) is 1. The lowest BCUT2D eigenvalue weighted by Crippen LogP contribution is -2.44. The van der Waals surface area contributed by atoms with Crippen molar-refractivity contribution < 1.29 is 27.5 Å². The Morgan fingerprint density at radius 2 is 1.81 bits per heavy atom. The van der Waals surface area contributed by atoms with Crippen molar-refractivity contribution >= 4 is 12.0 Å². The highest BCUT2D eigenvalue weighted by Gasteiger charge is 2.31. The molecule has 2 amide bonds. The summed E-state index contributed by atoms with van der Waals surface area (Å²) in [4.78, 5) is 25.9. The van der Waals surface area contributed by atoms with Gasteiger partial charge in [0.1, 0.15) is 5.60 Å². The molecule has 1 aliphatic heterocycles. The minimum atomic E-state index is -4.41. The van der Waals surface area contributed by atoms with Crippen LogP contribution in [-0.2, 0) is 22.3 Å². The molecule has 0 bridgehead atoms. The maximum absolute atomic E-state index is 12.7. The minimum Gasteiger partial charge on any atom is -0.444 e. The van der Waals surface area contributed by atoms with Crippen LogP contribution in [0.25, 0.3) is 0 Å². The normalized spacial score (nSPS) is 16.1. The van der Waals surface area contributed by atoms with Crippen molar-refractivity contribution in [2.75, 3.05) is 13.1 Å². The second-order valence-electron chi connectivity index (χ2n) is 7.66. The average Bonchev–Trinajstić information content (AvgIpc) is 2.58. The third-order valence-corrected chi connectivity index (χ3v) is 4.24. The van der Waals surface area contributed by atoms with Crippen LogP contribution in [0.1, 0.15) is 44.7 Å². The number of nitrogens with zero attached hydrogens (tertiary/aromatic N) is 1. The molecule has 0 aliphatic carbocycles. The number of halogens is 3. The first-order valence-electron chi connectivity index (χ1n) is 8.87. The van der Waals surface area contributed by atoms with Crippen molar-refractivity contribution in [1.29, 1.82) is 0 Å². The van der Waals surface area contributed by atoms with Gasteiger partial charge in [0.15, 0.2) is 0 Å². The molecule has 1 heterocycles. The lowest BCUT2D eigenvalue weighted by Gasteiger charge is -2.32. The zero-order valence-electron chi connectivity index (χ0n) is 15.7. The molecule has 150 valence electrons. The topological polar surface area (TPSA) is 58.6 Å². The summed E-state index contributed by atoms with van der Waals surface area (Å²) in [5.41, 5.74) is -0.916. The van der Waals surface area contributed by atoms with Crippen molar-refractivity contribution in [3.05, 3.63) is 35.4 Å². The first-order valence-corrected chi connectivity index (χ1v) is 8.87. The monoisotopic (exact) mass is 386 g/mol. The van der Waals surface area contributed by atoms with Crippen LogP contribution in [0.3, 0.4) is 0 Å². The molecule has 1 aromatic rings. The molecule has 5 nitrogen and oxygen atoms in total. The van der Waals surface area contributed by atoms with E-state index in [2.05, 4.69) is 5.32 Å². The van der Waals surface area contributed by atoms with E-state index in [-0.39, 0.29) is 18.4 Å².